The van der Waals surface area contributed by atoms with Gasteiger partial charge < -0.3 is 19.5 Å². The van der Waals surface area contributed by atoms with E-state index in [9.17, 15) is 15.0 Å². The largest absolute Gasteiger partial charge is 0.480 e. The van der Waals surface area contributed by atoms with Crippen LogP contribution in [0.1, 0.15) is 104 Å². The lowest BCUT2D eigenvalue weighted by Crippen LogP contribution is -2.51. The van der Waals surface area contributed by atoms with E-state index in [0.29, 0.717) is 13.0 Å². The van der Waals surface area contributed by atoms with Crippen molar-refractivity contribution < 1.29 is 19.4 Å². The molecule has 0 fully saturated rings. The summed E-state index contributed by atoms with van der Waals surface area (Å²) in [6.07, 6.45) is 11.1. The van der Waals surface area contributed by atoms with Crippen LogP contribution in [0.3, 0.4) is 0 Å². The smallest absolute Gasteiger partial charge is 0.329 e. The van der Waals surface area contributed by atoms with Crippen molar-refractivity contribution in [1.82, 2.24) is 0 Å². The Morgan fingerprint density at radius 1 is 0.854 bits per heavy atom. The molecule has 2 rings (SSSR count). The molecule has 0 amide bonds. The molecule has 6 heteroatoms. The summed E-state index contributed by atoms with van der Waals surface area (Å²) in [7, 11) is -2.12. The number of carbonyl (C=O) groups is 1. The summed E-state index contributed by atoms with van der Waals surface area (Å²) in [5, 5.41) is 22.1. The van der Waals surface area contributed by atoms with E-state index in [1.165, 1.54) is 44.9 Å². The summed E-state index contributed by atoms with van der Waals surface area (Å²) in [6, 6.07) is 18.3. The molecule has 230 valence electrons. The van der Waals surface area contributed by atoms with Crippen LogP contribution >= 0.6 is 0 Å². The Bertz CT molecular complexity index is 977. The fourth-order valence-electron chi connectivity index (χ4n) is 5.15. The van der Waals surface area contributed by atoms with Gasteiger partial charge in [0.15, 0.2) is 14.4 Å². The van der Waals surface area contributed by atoms with Crippen molar-refractivity contribution >= 4 is 20.0 Å². The number of hydrogen-bond donors (Lipinski definition) is 2. The second kappa shape index (κ2) is 17.7. The molecule has 3 atom stereocenters. The number of hydrogen-bond acceptors (Lipinski definition) is 4. The van der Waals surface area contributed by atoms with Crippen LogP contribution in [0.2, 0.25) is 18.1 Å². The van der Waals surface area contributed by atoms with Gasteiger partial charge in [-0.25, -0.2) is 4.79 Å². The maximum atomic E-state index is 12.8. The molecule has 0 spiro atoms. The van der Waals surface area contributed by atoms with E-state index < -0.39 is 26.4 Å². The van der Waals surface area contributed by atoms with Crippen LogP contribution in [0.4, 0.5) is 5.69 Å². The first-order valence-corrected chi connectivity index (χ1v) is 18.8. The Morgan fingerprint density at radius 2 is 1.37 bits per heavy atom. The van der Waals surface area contributed by atoms with E-state index in [2.05, 4.69) is 40.8 Å². The minimum atomic E-state index is -2.12. The predicted molar refractivity (Wildman–Crippen MR) is 175 cm³/mol. The van der Waals surface area contributed by atoms with E-state index in [0.717, 1.165) is 30.5 Å². The van der Waals surface area contributed by atoms with E-state index in [-0.39, 0.29) is 11.1 Å². The van der Waals surface area contributed by atoms with E-state index >= 15 is 0 Å². The third-order valence-electron chi connectivity index (χ3n) is 8.64. The van der Waals surface area contributed by atoms with Crippen LogP contribution < -0.4 is 4.90 Å². The van der Waals surface area contributed by atoms with Crippen molar-refractivity contribution in [1.29, 1.82) is 0 Å². The van der Waals surface area contributed by atoms with Gasteiger partial charge in [0.2, 0.25) is 0 Å². The molecule has 5 nitrogen and oxygen atoms in total. The van der Waals surface area contributed by atoms with Crippen LogP contribution in [0.15, 0.2) is 60.7 Å². The molecule has 0 saturated carbocycles. The first-order valence-electron chi connectivity index (χ1n) is 15.9. The van der Waals surface area contributed by atoms with Crippen LogP contribution in [0.5, 0.6) is 0 Å². The van der Waals surface area contributed by atoms with Crippen molar-refractivity contribution in [3.05, 3.63) is 66.2 Å². The fraction of sp³-hybridized carbons (Fsp3) is 0.629. The van der Waals surface area contributed by atoms with Crippen LogP contribution in [-0.4, -0.2) is 42.7 Å². The zero-order chi connectivity index (χ0) is 30.3. The van der Waals surface area contributed by atoms with Crippen molar-refractivity contribution in [3.8, 4) is 0 Å². The molecular formula is C35H57NO4Si. The quantitative estimate of drug-likeness (QED) is 0.120. The number of aliphatic carboxylic acids is 1. The molecule has 2 unspecified atom stereocenters. The number of nitrogens with zero attached hydrogens (tertiary/aromatic N) is 1. The molecule has 0 aliphatic rings. The van der Waals surface area contributed by atoms with Crippen LogP contribution in [0.25, 0.3) is 0 Å². The molecule has 2 aromatic carbocycles. The second-order valence-corrected chi connectivity index (χ2v) is 17.9. The number of para-hydroxylation sites is 1. The average molecular weight is 584 g/mol. The summed E-state index contributed by atoms with van der Waals surface area (Å²) in [4.78, 5) is 14.6. The Balaban J connectivity index is 2.17. The molecule has 0 heterocycles. The zero-order valence-electron chi connectivity index (χ0n) is 26.6. The molecule has 0 aliphatic heterocycles. The SMILES string of the molecule is CCCCCCCCCCC[C@H](CC(O)C(C(=O)O)N(Cc1ccccc1)c1ccccc1)O[Si](C)(C)C(C)(C)C. The topological polar surface area (TPSA) is 70.0 Å². The Kier molecular flexibility index (Phi) is 15.1. The fourth-order valence-corrected chi connectivity index (χ4v) is 6.56. The number of rotatable bonds is 20. The van der Waals surface area contributed by atoms with Crippen LogP contribution in [0, 0.1) is 0 Å². The molecule has 0 aromatic heterocycles. The van der Waals surface area contributed by atoms with E-state index in [1.807, 2.05) is 65.6 Å². The highest BCUT2D eigenvalue weighted by molar-refractivity contribution is 6.74. The Morgan fingerprint density at radius 3 is 1.88 bits per heavy atom. The number of aliphatic hydroxyl groups excluding tert-OH is 1. The highest BCUT2D eigenvalue weighted by Gasteiger charge is 2.41. The van der Waals surface area contributed by atoms with Gasteiger partial charge in [0.25, 0.3) is 0 Å². The highest BCUT2D eigenvalue weighted by atomic mass is 28.4. The van der Waals surface area contributed by atoms with Gasteiger partial charge in [-0.15, -0.1) is 0 Å². The molecule has 2 N–H and O–H groups in total. The van der Waals surface area contributed by atoms with E-state index in [1.54, 1.807) is 0 Å². The molecule has 0 saturated heterocycles. The Labute approximate surface area is 251 Å². The first-order chi connectivity index (χ1) is 19.5. The number of carboxylic acids is 1. The third-order valence-corrected chi connectivity index (χ3v) is 13.2. The van der Waals surface area contributed by atoms with Gasteiger partial charge in [-0.05, 0) is 42.2 Å². The number of unbranched alkanes of at least 4 members (excludes halogenated alkanes) is 8. The van der Waals surface area contributed by atoms with Gasteiger partial charge in [-0.1, -0.05) is 134 Å². The lowest BCUT2D eigenvalue weighted by Gasteiger charge is -2.41. The molecule has 2 aromatic rings. The van der Waals surface area contributed by atoms with Gasteiger partial charge in [-0.3, -0.25) is 0 Å². The number of carboxylic acid groups (broad SMARTS) is 1. The van der Waals surface area contributed by atoms with Crippen molar-refractivity contribution in [3.63, 3.8) is 0 Å². The highest BCUT2D eigenvalue weighted by Crippen LogP contribution is 2.38. The Hall–Kier alpha value is -2.15. The zero-order valence-corrected chi connectivity index (χ0v) is 27.6. The molecule has 0 aliphatic carbocycles. The molecular weight excluding hydrogens is 526 g/mol. The summed E-state index contributed by atoms with van der Waals surface area (Å²) >= 11 is 0. The predicted octanol–water partition coefficient (Wildman–Crippen LogP) is 9.21. The summed E-state index contributed by atoms with van der Waals surface area (Å²) in [5.41, 5.74) is 1.78. The minimum Gasteiger partial charge on any atom is -0.480 e. The molecule has 0 bridgehead atoms. The summed E-state index contributed by atoms with van der Waals surface area (Å²) < 4.78 is 6.85. The number of anilines is 1. The van der Waals surface area contributed by atoms with Crippen molar-refractivity contribution in [2.45, 2.75) is 141 Å². The summed E-state index contributed by atoms with van der Waals surface area (Å²) in [5.74, 6) is -1.02. The van der Waals surface area contributed by atoms with Gasteiger partial charge in [-0.2, -0.15) is 0 Å². The van der Waals surface area contributed by atoms with E-state index in [4.69, 9.17) is 4.43 Å². The molecule has 41 heavy (non-hydrogen) atoms. The number of benzene rings is 2. The third kappa shape index (κ3) is 12.3. The number of aliphatic hydroxyl groups is 1. The minimum absolute atomic E-state index is 0.0320. The lowest BCUT2D eigenvalue weighted by atomic mass is 9.97. The van der Waals surface area contributed by atoms with Gasteiger partial charge >= 0.3 is 5.97 Å². The molecule has 0 radical (unpaired) electrons. The maximum absolute atomic E-state index is 12.8. The standard InChI is InChI=1S/C35H57NO4Si/c1-7-8-9-10-11-12-13-14-21-26-31(40-41(5,6)35(2,3)4)27-32(37)33(34(38)39)36(30-24-19-16-20-25-30)28-29-22-17-15-18-23-29/h15-20,22-25,31-33,37H,7-14,21,26-28H2,1-6H3,(H,38,39)/t31-,32?,33?/m1/s1. The first kappa shape index (κ1) is 35.0. The van der Waals surface area contributed by atoms with Gasteiger partial charge in [0, 0.05) is 24.8 Å². The average Bonchev–Trinajstić information content (AvgIpc) is 2.91. The summed E-state index contributed by atoms with van der Waals surface area (Å²) in [6.45, 7) is 13.8. The van der Waals surface area contributed by atoms with Gasteiger partial charge in [0.05, 0.1) is 6.10 Å². The monoisotopic (exact) mass is 583 g/mol. The van der Waals surface area contributed by atoms with Crippen LogP contribution in [-0.2, 0) is 15.8 Å². The van der Waals surface area contributed by atoms with Crippen molar-refractivity contribution in [2.24, 2.45) is 0 Å². The van der Waals surface area contributed by atoms with Gasteiger partial charge in [0.1, 0.15) is 0 Å². The maximum Gasteiger partial charge on any atom is 0.329 e. The normalized spacial score (nSPS) is 14.4. The lowest BCUT2D eigenvalue weighted by molar-refractivity contribution is -0.141. The second-order valence-electron chi connectivity index (χ2n) is 13.2. The van der Waals surface area contributed by atoms with Crippen molar-refractivity contribution in [2.75, 3.05) is 4.90 Å².